The van der Waals surface area contributed by atoms with Gasteiger partial charge >= 0.3 is 6.98 Å². The van der Waals surface area contributed by atoms with Crippen LogP contribution in [0.5, 0.6) is 0 Å². The van der Waals surface area contributed by atoms with Crippen LogP contribution in [0.4, 0.5) is 12.9 Å². The average molecular weight is 297 g/mol. The Morgan fingerprint density at radius 1 is 1.25 bits per heavy atom. The first-order chi connectivity index (χ1) is 7.50. The fourth-order valence-corrected chi connectivity index (χ4v) is 2.03. The zero-order valence-electron chi connectivity index (χ0n) is 8.00. The maximum atomic E-state index is 12.8. The minimum Gasteiger partial charge on any atom is -0.445 e. The SMILES string of the molecule is F[B-](F)(F)c1cncc(Br)c1C1OCCO1. The highest BCUT2D eigenvalue weighted by Crippen LogP contribution is 2.30. The van der Waals surface area contributed by atoms with Crippen molar-refractivity contribution in [2.24, 2.45) is 0 Å². The Balaban J connectivity index is 2.48. The molecule has 0 bridgehead atoms. The van der Waals surface area contributed by atoms with Crippen molar-refractivity contribution in [1.29, 1.82) is 0 Å². The number of halogens is 4. The van der Waals surface area contributed by atoms with Gasteiger partial charge in [0.05, 0.1) is 13.2 Å². The lowest BCUT2D eigenvalue weighted by Crippen LogP contribution is -2.38. The second kappa shape index (κ2) is 4.35. The minimum atomic E-state index is -5.13. The molecule has 16 heavy (non-hydrogen) atoms. The molecule has 0 atom stereocenters. The van der Waals surface area contributed by atoms with Gasteiger partial charge in [-0.3, -0.25) is 4.98 Å². The monoisotopic (exact) mass is 296 g/mol. The molecule has 0 spiro atoms. The molecular formula is C8H7BBrF3NO2-. The lowest BCUT2D eigenvalue weighted by atomic mass is 9.78. The molecule has 2 rings (SSSR count). The molecule has 0 radical (unpaired) electrons. The summed E-state index contributed by atoms with van der Waals surface area (Å²) in [5.41, 5.74) is -0.804. The predicted molar refractivity (Wildman–Crippen MR) is 55.3 cm³/mol. The first-order valence-electron chi connectivity index (χ1n) is 4.56. The summed E-state index contributed by atoms with van der Waals surface area (Å²) in [6, 6.07) is 0. The van der Waals surface area contributed by atoms with Crippen LogP contribution in [0.15, 0.2) is 16.9 Å². The number of hydrogen-bond acceptors (Lipinski definition) is 3. The van der Waals surface area contributed by atoms with Gasteiger partial charge in [-0.1, -0.05) is 5.46 Å². The Kier molecular flexibility index (Phi) is 3.23. The number of hydrogen-bond donors (Lipinski definition) is 0. The van der Waals surface area contributed by atoms with Crippen molar-refractivity contribution in [2.75, 3.05) is 13.2 Å². The third kappa shape index (κ3) is 2.23. The van der Waals surface area contributed by atoms with E-state index in [2.05, 4.69) is 20.9 Å². The fourth-order valence-electron chi connectivity index (χ4n) is 1.49. The highest BCUT2D eigenvalue weighted by molar-refractivity contribution is 9.10. The Morgan fingerprint density at radius 2 is 1.88 bits per heavy atom. The van der Waals surface area contributed by atoms with Crippen molar-refractivity contribution in [3.63, 3.8) is 0 Å². The minimum absolute atomic E-state index is 0.0278. The van der Waals surface area contributed by atoms with Gasteiger partial charge in [-0.2, -0.15) is 0 Å². The van der Waals surface area contributed by atoms with Gasteiger partial charge in [0.15, 0.2) is 6.29 Å². The Morgan fingerprint density at radius 3 is 2.44 bits per heavy atom. The molecule has 1 aliphatic heterocycles. The van der Waals surface area contributed by atoms with Gasteiger partial charge in [0.25, 0.3) is 0 Å². The van der Waals surface area contributed by atoms with Crippen molar-refractivity contribution in [2.45, 2.75) is 6.29 Å². The van der Waals surface area contributed by atoms with Crippen LogP contribution < -0.4 is 5.46 Å². The molecule has 3 nitrogen and oxygen atoms in total. The van der Waals surface area contributed by atoms with Crippen LogP contribution in [-0.4, -0.2) is 25.2 Å². The summed E-state index contributed by atoms with van der Waals surface area (Å²) in [5.74, 6) is 0. The van der Waals surface area contributed by atoms with E-state index in [9.17, 15) is 12.9 Å². The topological polar surface area (TPSA) is 31.4 Å². The summed E-state index contributed by atoms with van der Waals surface area (Å²) >= 11 is 3.04. The summed E-state index contributed by atoms with van der Waals surface area (Å²) < 4.78 is 48.7. The normalized spacial score (nSPS) is 18.0. The summed E-state index contributed by atoms with van der Waals surface area (Å²) in [6.07, 6.45) is 1.13. The molecule has 0 unspecified atom stereocenters. The van der Waals surface area contributed by atoms with E-state index in [4.69, 9.17) is 9.47 Å². The summed E-state index contributed by atoms with van der Waals surface area (Å²) in [7, 11) is 0. The highest BCUT2D eigenvalue weighted by atomic mass is 79.9. The first kappa shape index (κ1) is 11.9. The van der Waals surface area contributed by atoms with Gasteiger partial charge < -0.3 is 22.4 Å². The van der Waals surface area contributed by atoms with Crippen molar-refractivity contribution in [3.8, 4) is 0 Å². The fraction of sp³-hybridized carbons (Fsp3) is 0.375. The molecule has 1 aromatic rings. The Hall–Kier alpha value is -0.595. The molecule has 0 N–H and O–H groups in total. The highest BCUT2D eigenvalue weighted by Gasteiger charge is 2.34. The zero-order chi connectivity index (χ0) is 11.8. The van der Waals surface area contributed by atoms with Crippen LogP contribution in [0, 0.1) is 0 Å². The lowest BCUT2D eigenvalue weighted by molar-refractivity contribution is -0.0441. The number of aromatic nitrogens is 1. The van der Waals surface area contributed by atoms with Crippen molar-refractivity contribution in [1.82, 2.24) is 4.98 Å². The van der Waals surface area contributed by atoms with Crippen LogP contribution in [-0.2, 0) is 9.47 Å². The van der Waals surface area contributed by atoms with Crippen molar-refractivity contribution >= 4 is 28.4 Å². The maximum Gasteiger partial charge on any atom is 0.511 e. The predicted octanol–water partition coefficient (Wildman–Crippen LogP) is 1.94. The quantitative estimate of drug-likeness (QED) is 0.782. The number of pyridine rings is 1. The molecule has 0 saturated carbocycles. The first-order valence-corrected chi connectivity index (χ1v) is 5.36. The molecular weight excluding hydrogens is 290 g/mol. The molecule has 1 aromatic heterocycles. The lowest BCUT2D eigenvalue weighted by Gasteiger charge is -2.22. The van der Waals surface area contributed by atoms with Crippen LogP contribution in [0.2, 0.25) is 0 Å². The summed E-state index contributed by atoms with van der Waals surface area (Å²) in [5, 5.41) is 0. The van der Waals surface area contributed by atoms with Crippen molar-refractivity contribution in [3.05, 3.63) is 22.4 Å². The van der Waals surface area contributed by atoms with E-state index in [1.807, 2.05) is 0 Å². The number of nitrogens with zero attached hydrogens (tertiary/aromatic N) is 1. The molecule has 2 heterocycles. The van der Waals surface area contributed by atoms with Crippen LogP contribution in [0.1, 0.15) is 11.9 Å². The van der Waals surface area contributed by atoms with Gasteiger partial charge in [-0.15, -0.1) is 0 Å². The number of rotatable bonds is 2. The molecule has 0 amide bonds. The Bertz CT molecular complexity index is 395. The van der Waals surface area contributed by atoms with Gasteiger partial charge in [0.2, 0.25) is 0 Å². The average Bonchev–Trinajstić information content (AvgIpc) is 2.68. The molecule has 0 aliphatic carbocycles. The smallest absolute Gasteiger partial charge is 0.445 e. The summed E-state index contributed by atoms with van der Waals surface area (Å²) in [6.45, 7) is -4.54. The van der Waals surface area contributed by atoms with E-state index in [-0.39, 0.29) is 10.0 Å². The largest absolute Gasteiger partial charge is 0.511 e. The van der Waals surface area contributed by atoms with Gasteiger partial charge in [-0.25, -0.2) is 0 Å². The van der Waals surface area contributed by atoms with E-state index >= 15 is 0 Å². The van der Waals surface area contributed by atoms with Crippen LogP contribution in [0.25, 0.3) is 0 Å². The van der Waals surface area contributed by atoms with Crippen LogP contribution in [0.3, 0.4) is 0 Å². The molecule has 1 fully saturated rings. The van der Waals surface area contributed by atoms with E-state index in [1.165, 1.54) is 6.20 Å². The van der Waals surface area contributed by atoms with Gasteiger partial charge in [-0.05, 0) is 21.5 Å². The van der Waals surface area contributed by atoms with E-state index < -0.39 is 18.7 Å². The standard InChI is InChI=1S/C8H7BBrF3NO2/c10-6-4-14-3-5(9(11,12)13)7(6)8-15-1-2-16-8/h3-4,8H,1-2H2/q-1. The second-order valence-electron chi connectivity index (χ2n) is 3.27. The summed E-state index contributed by atoms with van der Waals surface area (Å²) in [4.78, 5) is 3.52. The molecule has 1 aliphatic rings. The molecule has 1 saturated heterocycles. The van der Waals surface area contributed by atoms with Gasteiger partial charge in [0.1, 0.15) is 0 Å². The maximum absolute atomic E-state index is 12.8. The van der Waals surface area contributed by atoms with Gasteiger partial charge in [0, 0.05) is 16.9 Å². The molecule has 88 valence electrons. The number of ether oxygens (including phenoxy) is 2. The third-order valence-corrected chi connectivity index (χ3v) is 2.81. The second-order valence-corrected chi connectivity index (χ2v) is 4.13. The molecule has 8 heteroatoms. The third-order valence-electron chi connectivity index (χ3n) is 2.18. The van der Waals surface area contributed by atoms with E-state index in [0.29, 0.717) is 13.2 Å². The van der Waals surface area contributed by atoms with Crippen LogP contribution >= 0.6 is 15.9 Å². The molecule has 0 aromatic carbocycles. The Labute approximate surface area is 98.1 Å². The zero-order valence-corrected chi connectivity index (χ0v) is 9.59. The van der Waals surface area contributed by atoms with E-state index in [1.54, 1.807) is 0 Å². The van der Waals surface area contributed by atoms with E-state index in [0.717, 1.165) is 6.20 Å². The van der Waals surface area contributed by atoms with Crippen molar-refractivity contribution < 1.29 is 22.4 Å².